The minimum atomic E-state index is -1.29. The van der Waals surface area contributed by atoms with E-state index in [0.29, 0.717) is 0 Å². The van der Waals surface area contributed by atoms with Crippen LogP contribution in [0, 0.1) is 0 Å². The minimum absolute atomic E-state index is 0.00427. The standard InChI is InChI=1S/C69H64Br2O14/c1-4-36-75-62-57(46-83-67(72)53-38-55(77-40-47-24-12-6-13-25-47)60(79-42-49-28-16-8-17-29-49)63(58(53)70)81-44-51-32-20-10-21-33-51)84-69(74-3)66(76-37-5-2)65(62)85-68(73)54-39-56(78-41-48-26-14-7-15-27-48)61(80-43-50-30-18-9-19-31-50)64(59(54)71)82-45-52-34-22-11-23-35-52/h4-35,38-39,57,62,65-66,69H,1-2,36-37,40-46H2,3H3/t57-,62?,65?,66-,69?/m1/s1. The Hall–Kier alpha value is -8.22. The first kappa shape index (κ1) is 61.3. The summed E-state index contributed by atoms with van der Waals surface area (Å²) in [6.45, 7) is 8.06. The molecule has 0 radical (unpaired) electrons. The summed E-state index contributed by atoms with van der Waals surface area (Å²) >= 11 is 7.45. The molecule has 0 aliphatic carbocycles. The van der Waals surface area contributed by atoms with Crippen molar-refractivity contribution in [3.8, 4) is 34.5 Å². The lowest BCUT2D eigenvalue weighted by atomic mass is 9.98. The van der Waals surface area contributed by atoms with Crippen LogP contribution in [-0.4, -0.2) is 69.6 Å². The van der Waals surface area contributed by atoms with Gasteiger partial charge in [-0.3, -0.25) is 0 Å². The Labute approximate surface area is 512 Å². The van der Waals surface area contributed by atoms with Gasteiger partial charge in [0.05, 0.1) is 33.3 Å². The molecule has 0 amide bonds. The summed E-state index contributed by atoms with van der Waals surface area (Å²) in [4.78, 5) is 30.1. The summed E-state index contributed by atoms with van der Waals surface area (Å²) in [5.41, 5.74) is 5.32. The molecule has 8 aromatic rings. The number of halogens is 2. The average Bonchev–Trinajstić information content (AvgIpc) is 2.27. The van der Waals surface area contributed by atoms with Crippen molar-refractivity contribution < 1.29 is 66.4 Å². The van der Waals surface area contributed by atoms with Gasteiger partial charge in [-0.15, -0.1) is 13.2 Å². The van der Waals surface area contributed by atoms with E-state index in [-0.39, 0.29) is 107 Å². The highest BCUT2D eigenvalue weighted by Crippen LogP contribution is 2.49. The molecule has 14 nitrogen and oxygen atoms in total. The van der Waals surface area contributed by atoms with Gasteiger partial charge >= 0.3 is 11.9 Å². The molecule has 5 atom stereocenters. The average molecular weight is 1280 g/mol. The molecule has 9 rings (SSSR count). The van der Waals surface area contributed by atoms with Gasteiger partial charge in [0.25, 0.3) is 0 Å². The summed E-state index contributed by atoms with van der Waals surface area (Å²) in [5.74, 6) is -0.308. The third-order valence-electron chi connectivity index (χ3n) is 13.4. The van der Waals surface area contributed by atoms with Crippen molar-refractivity contribution in [3.63, 3.8) is 0 Å². The number of hydrogen-bond acceptors (Lipinski definition) is 14. The van der Waals surface area contributed by atoms with Gasteiger partial charge in [0.2, 0.25) is 11.5 Å². The van der Waals surface area contributed by atoms with E-state index in [9.17, 15) is 4.79 Å². The van der Waals surface area contributed by atoms with Crippen LogP contribution in [0.4, 0.5) is 0 Å². The van der Waals surface area contributed by atoms with Crippen LogP contribution in [0.2, 0.25) is 0 Å². The maximum atomic E-state index is 15.3. The van der Waals surface area contributed by atoms with Crippen LogP contribution in [0.25, 0.3) is 0 Å². The molecule has 438 valence electrons. The second-order valence-corrected chi connectivity index (χ2v) is 20.9. The first-order valence-corrected chi connectivity index (χ1v) is 29.0. The predicted octanol–water partition coefficient (Wildman–Crippen LogP) is 14.6. The zero-order valence-electron chi connectivity index (χ0n) is 46.8. The summed E-state index contributed by atoms with van der Waals surface area (Å²) in [7, 11) is 1.42. The molecule has 1 saturated heterocycles. The van der Waals surface area contributed by atoms with E-state index in [1.807, 2.05) is 182 Å². The van der Waals surface area contributed by atoms with Gasteiger partial charge in [-0.05, 0) is 77.4 Å². The Morgan fingerprint density at radius 1 is 0.447 bits per heavy atom. The summed E-state index contributed by atoms with van der Waals surface area (Å²) < 4.78 is 77.7. The minimum Gasteiger partial charge on any atom is -0.485 e. The zero-order valence-corrected chi connectivity index (χ0v) is 49.9. The highest BCUT2D eigenvalue weighted by atomic mass is 79.9. The lowest BCUT2D eigenvalue weighted by molar-refractivity contribution is -0.306. The smallest absolute Gasteiger partial charge is 0.340 e. The largest absolute Gasteiger partial charge is 0.485 e. The second-order valence-electron chi connectivity index (χ2n) is 19.4. The van der Waals surface area contributed by atoms with E-state index < -0.39 is 49.3 Å². The maximum absolute atomic E-state index is 15.3. The fraction of sp³-hybridized carbons (Fsp3) is 0.217. The van der Waals surface area contributed by atoms with E-state index in [2.05, 4.69) is 45.0 Å². The SMILES string of the molecule is C=CCOC1C(OC(=O)c2cc(OCc3ccccc3)c(OCc3ccccc3)c(OCc3ccccc3)c2Br)[C@@H](OCC=C)C(OC)O[C@@H]1COC(=O)c1cc(OCc2ccccc2)c(OCc2ccccc2)c(OCc2ccccc2)c1Br. The number of carbonyl (C=O) groups is 2. The van der Waals surface area contributed by atoms with E-state index in [1.165, 1.54) is 13.2 Å². The summed E-state index contributed by atoms with van der Waals surface area (Å²) in [6.07, 6.45) is -2.83. The van der Waals surface area contributed by atoms with E-state index in [1.54, 1.807) is 18.2 Å². The first-order valence-electron chi connectivity index (χ1n) is 27.5. The number of hydrogen-bond donors (Lipinski definition) is 0. The molecule has 1 aliphatic heterocycles. The van der Waals surface area contributed by atoms with Crippen LogP contribution in [0.3, 0.4) is 0 Å². The topological polar surface area (TPSA) is 145 Å². The predicted molar refractivity (Wildman–Crippen MR) is 328 cm³/mol. The fourth-order valence-electron chi connectivity index (χ4n) is 9.12. The summed E-state index contributed by atoms with van der Waals surface area (Å²) in [6, 6.07) is 60.8. The molecule has 85 heavy (non-hydrogen) atoms. The number of benzene rings is 8. The van der Waals surface area contributed by atoms with Gasteiger partial charge in [0, 0.05) is 7.11 Å². The van der Waals surface area contributed by atoms with Crippen LogP contribution in [0.15, 0.2) is 228 Å². The third-order valence-corrected chi connectivity index (χ3v) is 14.9. The number of methoxy groups -OCH3 is 1. The molecule has 16 heteroatoms. The van der Waals surface area contributed by atoms with Crippen LogP contribution < -0.4 is 28.4 Å². The molecule has 3 unspecified atom stereocenters. The molecule has 0 aromatic heterocycles. The molecule has 0 spiro atoms. The molecule has 0 N–H and O–H groups in total. The van der Waals surface area contributed by atoms with Crippen molar-refractivity contribution in [3.05, 3.63) is 273 Å². The third kappa shape index (κ3) is 16.8. The van der Waals surface area contributed by atoms with Crippen LogP contribution >= 0.6 is 31.9 Å². The fourth-order valence-corrected chi connectivity index (χ4v) is 10.3. The van der Waals surface area contributed by atoms with E-state index >= 15 is 4.79 Å². The zero-order chi connectivity index (χ0) is 59.2. The normalized spacial score (nSPS) is 16.3. The van der Waals surface area contributed by atoms with E-state index in [4.69, 9.17) is 56.8 Å². The molecule has 1 aliphatic rings. The maximum Gasteiger partial charge on any atom is 0.340 e. The monoisotopic (exact) mass is 1270 g/mol. The van der Waals surface area contributed by atoms with E-state index in [0.717, 1.165) is 33.4 Å². The van der Waals surface area contributed by atoms with Gasteiger partial charge < -0.3 is 56.8 Å². The lowest BCUT2D eigenvalue weighted by Gasteiger charge is -2.44. The number of ether oxygens (including phenoxy) is 12. The van der Waals surface area contributed by atoms with Gasteiger partial charge in [-0.2, -0.15) is 0 Å². The number of rotatable bonds is 30. The quantitative estimate of drug-likeness (QED) is 0.0311. The van der Waals surface area contributed by atoms with Crippen LogP contribution in [0.1, 0.15) is 54.1 Å². The van der Waals surface area contributed by atoms with Crippen LogP contribution in [0.5, 0.6) is 34.5 Å². The van der Waals surface area contributed by atoms with Crippen molar-refractivity contribution >= 4 is 43.8 Å². The highest BCUT2D eigenvalue weighted by Gasteiger charge is 2.51. The molecule has 1 fully saturated rings. The second kappa shape index (κ2) is 31.6. The molecule has 1 heterocycles. The van der Waals surface area contributed by atoms with Crippen molar-refractivity contribution in [1.82, 2.24) is 0 Å². The summed E-state index contributed by atoms with van der Waals surface area (Å²) in [5, 5.41) is 0. The van der Waals surface area contributed by atoms with Crippen LogP contribution in [-0.2, 0) is 68.1 Å². The molecule has 0 bridgehead atoms. The Morgan fingerprint density at radius 3 is 1.13 bits per heavy atom. The van der Waals surface area contributed by atoms with Gasteiger partial charge in [-0.25, -0.2) is 9.59 Å². The van der Waals surface area contributed by atoms with Gasteiger partial charge in [0.15, 0.2) is 35.4 Å². The van der Waals surface area contributed by atoms with Crippen molar-refractivity contribution in [1.29, 1.82) is 0 Å². The Morgan fingerprint density at radius 2 is 0.776 bits per heavy atom. The van der Waals surface area contributed by atoms with Crippen molar-refractivity contribution in [2.45, 2.75) is 70.3 Å². The Kier molecular flexibility index (Phi) is 22.8. The lowest BCUT2D eigenvalue weighted by Crippen LogP contribution is -2.62. The van der Waals surface area contributed by atoms with Gasteiger partial charge in [0.1, 0.15) is 64.6 Å². The van der Waals surface area contributed by atoms with Gasteiger partial charge in [-0.1, -0.05) is 194 Å². The molecule has 8 aromatic carbocycles. The molecular formula is C69H64Br2O14. The number of esters is 2. The first-order chi connectivity index (χ1) is 41.7. The number of carbonyl (C=O) groups excluding carboxylic acids is 2. The molecular weight excluding hydrogens is 1210 g/mol. The Bertz CT molecular complexity index is 3410. The molecule has 0 saturated carbocycles. The highest BCUT2D eigenvalue weighted by molar-refractivity contribution is 9.11. The van der Waals surface area contributed by atoms with Crippen molar-refractivity contribution in [2.75, 3.05) is 26.9 Å². The Balaban J connectivity index is 1.06. The van der Waals surface area contributed by atoms with Crippen molar-refractivity contribution in [2.24, 2.45) is 0 Å².